The Labute approximate surface area is 142 Å². The first-order chi connectivity index (χ1) is 10.6. The molecule has 5 nitrogen and oxygen atoms in total. The highest BCUT2D eigenvalue weighted by Crippen LogP contribution is 2.39. The molecule has 6 heteroatoms. The van der Waals surface area contributed by atoms with E-state index < -0.39 is 13.9 Å². The number of carbonyl (C=O) groups excluding carboxylic acids is 1. The molecule has 0 aromatic rings. The second-order valence-corrected chi connectivity index (χ2v) is 12.6. The minimum absolute atomic E-state index is 0.133. The molecular formula is C17H33NO4Si. The Morgan fingerprint density at radius 3 is 2.52 bits per heavy atom. The van der Waals surface area contributed by atoms with E-state index in [0.717, 1.165) is 12.8 Å². The summed E-state index contributed by atoms with van der Waals surface area (Å²) in [5, 5.41) is 0.133. The fraction of sp³-hybridized carbons (Fsp3) is 0.824. The third-order valence-electron chi connectivity index (χ3n) is 5.06. The topological polar surface area (TPSA) is 48.0 Å². The standard InChI is InChI=1S/C17H33NO4Si/c1-8-12-21-15(19)18-11-9-10-17(18,13-20-5)14-22-23(6,7)16(2,3)4/h8H,1,9-14H2,2-7H3. The summed E-state index contributed by atoms with van der Waals surface area (Å²) < 4.78 is 17.1. The maximum Gasteiger partial charge on any atom is 0.410 e. The van der Waals surface area contributed by atoms with Crippen LogP contribution < -0.4 is 0 Å². The molecule has 0 aliphatic carbocycles. The number of nitrogens with zero attached hydrogens (tertiary/aromatic N) is 1. The number of ether oxygens (including phenoxy) is 2. The minimum atomic E-state index is -1.89. The minimum Gasteiger partial charge on any atom is -0.445 e. The molecule has 0 spiro atoms. The van der Waals surface area contributed by atoms with Crippen LogP contribution in [-0.4, -0.2) is 58.3 Å². The van der Waals surface area contributed by atoms with Crippen molar-refractivity contribution in [3.63, 3.8) is 0 Å². The lowest BCUT2D eigenvalue weighted by molar-refractivity contribution is 0.000552. The maximum absolute atomic E-state index is 12.4. The van der Waals surface area contributed by atoms with Crippen LogP contribution in [0.4, 0.5) is 4.79 Å². The third kappa shape index (κ3) is 4.81. The summed E-state index contributed by atoms with van der Waals surface area (Å²) >= 11 is 0. The summed E-state index contributed by atoms with van der Waals surface area (Å²) in [4.78, 5) is 14.2. The van der Waals surface area contributed by atoms with Crippen LogP contribution in [-0.2, 0) is 13.9 Å². The van der Waals surface area contributed by atoms with E-state index >= 15 is 0 Å². The molecule has 1 saturated heterocycles. The molecule has 1 heterocycles. The summed E-state index contributed by atoms with van der Waals surface area (Å²) in [6.45, 7) is 16.6. The maximum atomic E-state index is 12.4. The zero-order chi connectivity index (χ0) is 17.7. The zero-order valence-corrected chi connectivity index (χ0v) is 16.6. The van der Waals surface area contributed by atoms with Gasteiger partial charge in [0.1, 0.15) is 6.61 Å². The predicted octanol–water partition coefficient (Wildman–Crippen LogP) is 3.81. The van der Waals surface area contributed by atoms with E-state index in [0.29, 0.717) is 19.8 Å². The predicted molar refractivity (Wildman–Crippen MR) is 95.2 cm³/mol. The highest BCUT2D eigenvalue weighted by Gasteiger charge is 2.47. The van der Waals surface area contributed by atoms with Gasteiger partial charge in [0.2, 0.25) is 0 Å². The smallest absolute Gasteiger partial charge is 0.410 e. The van der Waals surface area contributed by atoms with Gasteiger partial charge in [-0.15, -0.1) is 0 Å². The molecule has 1 atom stereocenters. The van der Waals surface area contributed by atoms with Gasteiger partial charge in [-0.3, -0.25) is 4.90 Å². The number of amides is 1. The van der Waals surface area contributed by atoms with Crippen molar-refractivity contribution in [3.8, 4) is 0 Å². The van der Waals surface area contributed by atoms with Gasteiger partial charge in [0.25, 0.3) is 0 Å². The average Bonchev–Trinajstić information content (AvgIpc) is 2.86. The van der Waals surface area contributed by atoms with Crippen LogP contribution in [0.2, 0.25) is 18.1 Å². The number of hydrogen-bond donors (Lipinski definition) is 0. The molecule has 0 aromatic heterocycles. The molecule has 1 aliphatic rings. The van der Waals surface area contributed by atoms with E-state index in [1.54, 1.807) is 18.1 Å². The lowest BCUT2D eigenvalue weighted by atomic mass is 9.99. The van der Waals surface area contributed by atoms with Crippen LogP contribution in [0.25, 0.3) is 0 Å². The van der Waals surface area contributed by atoms with Crippen LogP contribution in [0.15, 0.2) is 12.7 Å². The van der Waals surface area contributed by atoms with E-state index in [-0.39, 0.29) is 17.7 Å². The Morgan fingerprint density at radius 1 is 1.35 bits per heavy atom. The normalized spacial score (nSPS) is 22.3. The quantitative estimate of drug-likeness (QED) is 0.521. The summed E-state index contributed by atoms with van der Waals surface area (Å²) in [5.41, 5.74) is -0.428. The van der Waals surface area contributed by atoms with Gasteiger partial charge in [-0.25, -0.2) is 4.79 Å². The number of hydrogen-bond acceptors (Lipinski definition) is 4. The summed E-state index contributed by atoms with van der Waals surface area (Å²) in [6, 6.07) is 0. The SMILES string of the molecule is C=CCOC(=O)N1CCCC1(COC)CO[Si](C)(C)C(C)(C)C. The fourth-order valence-corrected chi connectivity index (χ4v) is 3.64. The molecule has 1 amide bonds. The molecule has 23 heavy (non-hydrogen) atoms. The van der Waals surface area contributed by atoms with Crippen molar-refractivity contribution in [2.75, 3.05) is 33.5 Å². The Bertz CT molecular complexity index is 419. The Balaban J connectivity index is 2.89. The number of methoxy groups -OCH3 is 1. The number of carbonyl (C=O) groups is 1. The van der Waals surface area contributed by atoms with Gasteiger partial charge < -0.3 is 13.9 Å². The Morgan fingerprint density at radius 2 is 2.00 bits per heavy atom. The zero-order valence-electron chi connectivity index (χ0n) is 15.6. The van der Waals surface area contributed by atoms with Crippen molar-refractivity contribution in [2.24, 2.45) is 0 Å². The second kappa shape index (κ2) is 7.81. The van der Waals surface area contributed by atoms with Crippen LogP contribution in [0.5, 0.6) is 0 Å². The molecule has 1 fully saturated rings. The van der Waals surface area contributed by atoms with Crippen molar-refractivity contribution in [1.29, 1.82) is 0 Å². The molecular weight excluding hydrogens is 310 g/mol. The first kappa shape index (κ1) is 20.2. The van der Waals surface area contributed by atoms with Crippen molar-refractivity contribution in [2.45, 2.75) is 57.3 Å². The van der Waals surface area contributed by atoms with E-state index in [1.807, 2.05) is 0 Å². The van der Waals surface area contributed by atoms with Crippen molar-refractivity contribution < 1.29 is 18.7 Å². The van der Waals surface area contributed by atoms with Gasteiger partial charge in [-0.2, -0.15) is 0 Å². The molecule has 1 unspecified atom stereocenters. The third-order valence-corrected chi connectivity index (χ3v) is 9.54. The first-order valence-corrected chi connectivity index (χ1v) is 11.2. The van der Waals surface area contributed by atoms with Crippen LogP contribution in [0.3, 0.4) is 0 Å². The average molecular weight is 344 g/mol. The molecule has 1 rings (SSSR count). The van der Waals surface area contributed by atoms with Gasteiger partial charge >= 0.3 is 6.09 Å². The number of likely N-dealkylation sites (tertiary alicyclic amines) is 1. The Kier molecular flexibility index (Phi) is 6.86. The summed E-state index contributed by atoms with van der Waals surface area (Å²) in [5.74, 6) is 0. The molecule has 0 radical (unpaired) electrons. The highest BCUT2D eigenvalue weighted by molar-refractivity contribution is 6.74. The molecule has 134 valence electrons. The van der Waals surface area contributed by atoms with Gasteiger partial charge in [0.15, 0.2) is 8.32 Å². The van der Waals surface area contributed by atoms with Gasteiger partial charge in [0.05, 0.1) is 18.8 Å². The largest absolute Gasteiger partial charge is 0.445 e. The first-order valence-electron chi connectivity index (χ1n) is 8.28. The highest BCUT2D eigenvalue weighted by atomic mass is 28.4. The van der Waals surface area contributed by atoms with Gasteiger partial charge in [-0.1, -0.05) is 33.4 Å². The van der Waals surface area contributed by atoms with Gasteiger partial charge in [0, 0.05) is 13.7 Å². The lowest BCUT2D eigenvalue weighted by Gasteiger charge is -2.42. The van der Waals surface area contributed by atoms with Gasteiger partial charge in [-0.05, 0) is 31.0 Å². The van der Waals surface area contributed by atoms with Crippen LogP contribution in [0, 0.1) is 0 Å². The summed E-state index contributed by atoms with van der Waals surface area (Å²) in [7, 11) is -0.222. The van der Waals surface area contributed by atoms with Crippen molar-refractivity contribution >= 4 is 14.4 Å². The van der Waals surface area contributed by atoms with E-state index in [2.05, 4.69) is 40.4 Å². The monoisotopic (exact) mass is 343 g/mol. The molecule has 0 bridgehead atoms. The Hall–Kier alpha value is -0.853. The lowest BCUT2D eigenvalue weighted by Crippen LogP contribution is -2.56. The van der Waals surface area contributed by atoms with E-state index in [1.165, 1.54) is 0 Å². The van der Waals surface area contributed by atoms with Crippen LogP contribution in [0.1, 0.15) is 33.6 Å². The molecule has 0 aromatic carbocycles. The molecule has 1 aliphatic heterocycles. The van der Waals surface area contributed by atoms with E-state index in [4.69, 9.17) is 13.9 Å². The van der Waals surface area contributed by atoms with Crippen molar-refractivity contribution in [1.82, 2.24) is 4.90 Å². The summed E-state index contributed by atoms with van der Waals surface area (Å²) in [6.07, 6.45) is 3.09. The number of rotatable bonds is 7. The molecule has 0 N–H and O–H groups in total. The molecule has 0 saturated carbocycles. The fourth-order valence-electron chi connectivity index (χ4n) is 2.57. The van der Waals surface area contributed by atoms with Crippen LogP contribution >= 0.6 is 0 Å². The second-order valence-electron chi connectivity index (χ2n) is 7.83. The van der Waals surface area contributed by atoms with E-state index in [9.17, 15) is 4.79 Å². The van der Waals surface area contributed by atoms with Crippen molar-refractivity contribution in [3.05, 3.63) is 12.7 Å².